The van der Waals surface area contributed by atoms with Gasteiger partial charge < -0.3 is 10.1 Å². The largest absolute Gasteiger partial charge is 0.496 e. The molecule has 1 aromatic carbocycles. The molecule has 0 saturated heterocycles. The first-order valence-corrected chi connectivity index (χ1v) is 7.37. The standard InChI is InChI=1S/C14H14Br2N2O/c1-9-5-11(8-18-14(9)16)17-7-10-3-4-13(19-2)12(15)6-10/h3-6,8,17H,7H2,1-2H3. The van der Waals surface area contributed by atoms with E-state index in [0.717, 1.165) is 32.6 Å². The average molecular weight is 386 g/mol. The van der Waals surface area contributed by atoms with Gasteiger partial charge in [0.2, 0.25) is 0 Å². The van der Waals surface area contributed by atoms with E-state index < -0.39 is 0 Å². The maximum Gasteiger partial charge on any atom is 0.133 e. The quantitative estimate of drug-likeness (QED) is 0.784. The number of aromatic nitrogens is 1. The highest BCUT2D eigenvalue weighted by atomic mass is 79.9. The molecule has 0 unspecified atom stereocenters. The summed E-state index contributed by atoms with van der Waals surface area (Å²) in [5.41, 5.74) is 3.29. The van der Waals surface area contributed by atoms with Crippen LogP contribution >= 0.6 is 31.9 Å². The Morgan fingerprint density at radius 3 is 2.68 bits per heavy atom. The number of ether oxygens (including phenoxy) is 1. The van der Waals surface area contributed by atoms with E-state index in [9.17, 15) is 0 Å². The van der Waals surface area contributed by atoms with Gasteiger partial charge in [0.25, 0.3) is 0 Å². The third kappa shape index (κ3) is 3.70. The molecule has 0 amide bonds. The van der Waals surface area contributed by atoms with Crippen LogP contribution in [0.1, 0.15) is 11.1 Å². The van der Waals surface area contributed by atoms with Gasteiger partial charge in [-0.05, 0) is 68.1 Å². The zero-order valence-corrected chi connectivity index (χ0v) is 13.9. The summed E-state index contributed by atoms with van der Waals surface area (Å²) >= 11 is 6.88. The lowest BCUT2D eigenvalue weighted by atomic mass is 10.2. The van der Waals surface area contributed by atoms with Crippen LogP contribution in [0.25, 0.3) is 0 Å². The van der Waals surface area contributed by atoms with Crippen LogP contribution in [0.4, 0.5) is 5.69 Å². The molecular weight excluding hydrogens is 372 g/mol. The van der Waals surface area contributed by atoms with Gasteiger partial charge in [0, 0.05) is 6.54 Å². The SMILES string of the molecule is COc1ccc(CNc2cnc(Br)c(C)c2)cc1Br. The van der Waals surface area contributed by atoms with Crippen molar-refractivity contribution in [3.63, 3.8) is 0 Å². The maximum atomic E-state index is 5.21. The van der Waals surface area contributed by atoms with Gasteiger partial charge in [-0.2, -0.15) is 0 Å². The molecule has 3 nitrogen and oxygen atoms in total. The molecule has 0 radical (unpaired) electrons. The fourth-order valence-corrected chi connectivity index (χ4v) is 2.48. The Labute approximate surface area is 129 Å². The van der Waals surface area contributed by atoms with Crippen molar-refractivity contribution in [2.75, 3.05) is 12.4 Å². The number of nitrogens with one attached hydrogen (secondary N) is 1. The first-order valence-electron chi connectivity index (χ1n) is 5.78. The predicted octanol–water partition coefficient (Wildman–Crippen LogP) is 4.54. The summed E-state index contributed by atoms with van der Waals surface area (Å²) in [7, 11) is 1.66. The second kappa shape index (κ2) is 6.39. The number of anilines is 1. The highest BCUT2D eigenvalue weighted by Crippen LogP contribution is 2.26. The van der Waals surface area contributed by atoms with Crippen molar-refractivity contribution in [3.8, 4) is 5.75 Å². The van der Waals surface area contributed by atoms with Crippen LogP contribution in [0.2, 0.25) is 0 Å². The van der Waals surface area contributed by atoms with Gasteiger partial charge >= 0.3 is 0 Å². The monoisotopic (exact) mass is 384 g/mol. The van der Waals surface area contributed by atoms with Crippen LogP contribution in [0.3, 0.4) is 0 Å². The van der Waals surface area contributed by atoms with E-state index in [0.29, 0.717) is 0 Å². The van der Waals surface area contributed by atoms with Crippen LogP contribution in [0.15, 0.2) is 39.5 Å². The molecule has 0 fully saturated rings. The van der Waals surface area contributed by atoms with Crippen LogP contribution in [-0.2, 0) is 6.54 Å². The van der Waals surface area contributed by atoms with Gasteiger partial charge in [0.05, 0.1) is 23.5 Å². The van der Waals surface area contributed by atoms with Gasteiger partial charge in [0.1, 0.15) is 10.4 Å². The third-order valence-corrected chi connectivity index (χ3v) is 4.18. The molecule has 0 saturated carbocycles. The van der Waals surface area contributed by atoms with Crippen molar-refractivity contribution >= 4 is 37.5 Å². The molecule has 1 N–H and O–H groups in total. The van der Waals surface area contributed by atoms with Crippen molar-refractivity contribution in [2.24, 2.45) is 0 Å². The molecule has 100 valence electrons. The van der Waals surface area contributed by atoms with E-state index in [2.05, 4.69) is 48.2 Å². The number of aryl methyl sites for hydroxylation is 1. The molecule has 0 bridgehead atoms. The lowest BCUT2D eigenvalue weighted by Crippen LogP contribution is -2.00. The number of rotatable bonds is 4. The summed E-state index contributed by atoms with van der Waals surface area (Å²) in [6.07, 6.45) is 1.82. The van der Waals surface area contributed by atoms with Crippen LogP contribution in [0.5, 0.6) is 5.75 Å². The minimum absolute atomic E-state index is 0.741. The maximum absolute atomic E-state index is 5.21. The number of methoxy groups -OCH3 is 1. The Bertz CT molecular complexity index is 588. The summed E-state index contributed by atoms with van der Waals surface area (Å²) in [5, 5.41) is 3.35. The van der Waals surface area contributed by atoms with Gasteiger partial charge in [-0.15, -0.1) is 0 Å². The van der Waals surface area contributed by atoms with Crippen molar-refractivity contribution in [1.82, 2.24) is 4.98 Å². The number of hydrogen-bond acceptors (Lipinski definition) is 3. The van der Waals surface area contributed by atoms with Crippen molar-refractivity contribution < 1.29 is 4.74 Å². The number of benzene rings is 1. The molecule has 0 spiro atoms. The Kier molecular flexibility index (Phi) is 4.82. The molecule has 0 aliphatic carbocycles. The third-order valence-electron chi connectivity index (χ3n) is 2.73. The van der Waals surface area contributed by atoms with Gasteiger partial charge in [-0.3, -0.25) is 0 Å². The molecule has 2 aromatic rings. The highest BCUT2D eigenvalue weighted by molar-refractivity contribution is 9.10. The van der Waals surface area contributed by atoms with Crippen LogP contribution < -0.4 is 10.1 Å². The molecule has 2 rings (SSSR count). The Morgan fingerprint density at radius 2 is 2.05 bits per heavy atom. The van der Waals surface area contributed by atoms with Gasteiger partial charge in [-0.1, -0.05) is 6.07 Å². The van der Waals surface area contributed by atoms with E-state index in [1.54, 1.807) is 7.11 Å². The summed E-state index contributed by atoms with van der Waals surface area (Å²) in [6.45, 7) is 2.76. The highest BCUT2D eigenvalue weighted by Gasteiger charge is 2.02. The molecule has 0 atom stereocenters. The second-order valence-electron chi connectivity index (χ2n) is 4.15. The fourth-order valence-electron chi connectivity index (χ4n) is 1.68. The molecule has 0 aliphatic heterocycles. The van der Waals surface area contributed by atoms with Gasteiger partial charge in [-0.25, -0.2) is 4.98 Å². The summed E-state index contributed by atoms with van der Waals surface area (Å²) < 4.78 is 7.05. The van der Waals surface area contributed by atoms with E-state index in [4.69, 9.17) is 4.74 Å². The Hall–Kier alpha value is -1.07. The topological polar surface area (TPSA) is 34.1 Å². The molecule has 19 heavy (non-hydrogen) atoms. The molecule has 1 heterocycles. The number of pyridine rings is 1. The lowest BCUT2D eigenvalue weighted by Gasteiger charge is -2.09. The predicted molar refractivity (Wildman–Crippen MR) is 84.7 cm³/mol. The van der Waals surface area contributed by atoms with Gasteiger partial charge in [0.15, 0.2) is 0 Å². The van der Waals surface area contributed by atoms with Crippen molar-refractivity contribution in [1.29, 1.82) is 0 Å². The zero-order chi connectivity index (χ0) is 13.8. The van der Waals surface area contributed by atoms with E-state index in [1.165, 1.54) is 5.56 Å². The smallest absolute Gasteiger partial charge is 0.133 e. The number of hydrogen-bond donors (Lipinski definition) is 1. The fraction of sp³-hybridized carbons (Fsp3) is 0.214. The molecule has 5 heteroatoms. The first-order chi connectivity index (χ1) is 9.10. The Morgan fingerprint density at radius 1 is 1.26 bits per heavy atom. The van der Waals surface area contributed by atoms with Crippen LogP contribution in [0, 0.1) is 6.92 Å². The lowest BCUT2D eigenvalue weighted by molar-refractivity contribution is 0.412. The summed E-state index contributed by atoms with van der Waals surface area (Å²) in [6, 6.07) is 8.10. The molecule has 1 aromatic heterocycles. The van der Waals surface area contributed by atoms with E-state index >= 15 is 0 Å². The van der Waals surface area contributed by atoms with E-state index in [-0.39, 0.29) is 0 Å². The van der Waals surface area contributed by atoms with E-state index in [1.807, 2.05) is 31.3 Å². The first kappa shape index (κ1) is 14.3. The van der Waals surface area contributed by atoms with Crippen molar-refractivity contribution in [2.45, 2.75) is 13.5 Å². The number of halogens is 2. The van der Waals surface area contributed by atoms with Crippen LogP contribution in [-0.4, -0.2) is 12.1 Å². The minimum Gasteiger partial charge on any atom is -0.496 e. The molecule has 0 aliphatic rings. The number of nitrogens with zero attached hydrogens (tertiary/aromatic N) is 1. The normalized spacial score (nSPS) is 10.3. The average Bonchev–Trinajstić information content (AvgIpc) is 2.40. The summed E-state index contributed by atoms with van der Waals surface area (Å²) in [4.78, 5) is 4.26. The summed E-state index contributed by atoms with van der Waals surface area (Å²) in [5.74, 6) is 0.838. The minimum atomic E-state index is 0.741. The van der Waals surface area contributed by atoms with Crippen molar-refractivity contribution in [3.05, 3.63) is 50.7 Å². The zero-order valence-electron chi connectivity index (χ0n) is 10.7. The molecular formula is C14H14Br2N2O. The second-order valence-corrected chi connectivity index (χ2v) is 5.76. The Balaban J connectivity index is 2.05.